The van der Waals surface area contributed by atoms with Crippen LogP contribution in [0.3, 0.4) is 0 Å². The first kappa shape index (κ1) is 39.4. The maximum atomic E-state index is 2.48. The lowest BCUT2D eigenvalue weighted by atomic mass is 9.68. The molecule has 1 heterocycles. The van der Waals surface area contributed by atoms with Gasteiger partial charge in [-0.05, 0) is 131 Å². The summed E-state index contributed by atoms with van der Waals surface area (Å²) in [6.07, 6.45) is 0. The third-order valence-electron chi connectivity index (χ3n) is 15.8. The van der Waals surface area contributed by atoms with E-state index in [0.29, 0.717) is 0 Å². The summed E-state index contributed by atoms with van der Waals surface area (Å²) in [6, 6.07) is 97.9. The quantitative estimate of drug-likeness (QED) is 0.161. The van der Waals surface area contributed by atoms with Crippen LogP contribution in [0.2, 0.25) is 0 Å². The zero-order valence-electron chi connectivity index (χ0n) is 38.2. The predicted octanol–water partition coefficient (Wildman–Crippen LogP) is 17.9. The fraction of sp³-hybridized carbons (Fsp3) is 0.0294. The van der Waals surface area contributed by atoms with Crippen LogP contribution in [0.5, 0.6) is 0 Å². The molecule has 70 heavy (non-hydrogen) atoms. The van der Waals surface area contributed by atoms with Crippen molar-refractivity contribution in [3.05, 3.63) is 305 Å². The van der Waals surface area contributed by atoms with Gasteiger partial charge >= 0.3 is 0 Å². The van der Waals surface area contributed by atoms with Crippen molar-refractivity contribution >= 4 is 48.6 Å². The number of benzene rings is 11. The van der Waals surface area contributed by atoms with Crippen molar-refractivity contribution in [2.45, 2.75) is 10.8 Å². The van der Waals surface area contributed by atoms with E-state index < -0.39 is 10.8 Å². The van der Waals surface area contributed by atoms with Crippen molar-refractivity contribution in [3.63, 3.8) is 0 Å². The number of fused-ring (bicyclic) bond motifs is 16. The molecule has 0 amide bonds. The van der Waals surface area contributed by atoms with Crippen LogP contribution in [0, 0.1) is 0 Å². The van der Waals surface area contributed by atoms with Gasteiger partial charge in [0.25, 0.3) is 0 Å². The second kappa shape index (κ2) is 15.0. The van der Waals surface area contributed by atoms with Gasteiger partial charge < -0.3 is 4.90 Å². The SMILES string of the molecule is c1ccc(C2(c3ccc(N(c4cccc(-c5cccc6c5sc5ccccc56)c4)c4ccc5c(c4)-c4ccccc4C54c5ccccc5-c5ccccc54)cc3)c3ccccc3-c3ccccc32)cc1. The molecule has 0 atom stereocenters. The molecule has 0 bridgehead atoms. The molecule has 326 valence electrons. The van der Waals surface area contributed by atoms with Crippen LogP contribution < -0.4 is 4.90 Å². The third-order valence-corrected chi connectivity index (χ3v) is 17.0. The third kappa shape index (κ3) is 5.26. The number of rotatable bonds is 6. The second-order valence-electron chi connectivity index (χ2n) is 19.0. The van der Waals surface area contributed by atoms with Crippen LogP contribution in [0.4, 0.5) is 17.1 Å². The number of anilines is 3. The van der Waals surface area contributed by atoms with Gasteiger partial charge in [0.1, 0.15) is 0 Å². The molecule has 0 fully saturated rings. The number of nitrogens with zero attached hydrogens (tertiary/aromatic N) is 1. The lowest BCUT2D eigenvalue weighted by Gasteiger charge is -2.34. The largest absolute Gasteiger partial charge is 0.310 e. The first-order valence-electron chi connectivity index (χ1n) is 24.3. The highest BCUT2D eigenvalue weighted by molar-refractivity contribution is 7.26. The van der Waals surface area contributed by atoms with Crippen molar-refractivity contribution in [3.8, 4) is 44.5 Å². The van der Waals surface area contributed by atoms with Crippen LogP contribution in [-0.2, 0) is 10.8 Å². The molecule has 2 heteroatoms. The Morgan fingerprint density at radius 3 is 1.34 bits per heavy atom. The minimum atomic E-state index is -0.486. The lowest BCUT2D eigenvalue weighted by Crippen LogP contribution is -2.28. The fourth-order valence-electron chi connectivity index (χ4n) is 13.0. The van der Waals surface area contributed by atoms with Gasteiger partial charge in [-0.15, -0.1) is 11.3 Å². The standard InChI is InChI=1S/C68H43NS/c1-2-19-45(20-3-1)67(59-30-10-4-22-51(59)52-23-5-11-31-60(52)67)46-36-38-47(39-37-46)69(48-21-16-18-44(42-48)50-28-17-29-57-56-27-9-15-35-65(56)70-66(50)57)49-40-41-64-58(43-49)55-26-8-14-34-63(55)68(64)61-32-12-6-24-53(61)54-25-7-13-33-62(54)68/h1-43H. The Bertz CT molecular complexity index is 3990. The molecule has 0 saturated heterocycles. The van der Waals surface area contributed by atoms with Crippen molar-refractivity contribution < 1.29 is 0 Å². The maximum absolute atomic E-state index is 2.48. The maximum Gasteiger partial charge on any atom is 0.0725 e. The van der Waals surface area contributed by atoms with Crippen molar-refractivity contribution in [1.29, 1.82) is 0 Å². The van der Waals surface area contributed by atoms with Crippen LogP contribution in [0.25, 0.3) is 64.7 Å². The molecule has 0 radical (unpaired) electrons. The van der Waals surface area contributed by atoms with E-state index in [1.165, 1.54) is 109 Å². The first-order valence-corrected chi connectivity index (χ1v) is 25.1. The van der Waals surface area contributed by atoms with Gasteiger partial charge in [0, 0.05) is 37.2 Å². The van der Waals surface area contributed by atoms with Gasteiger partial charge in [-0.25, -0.2) is 0 Å². The van der Waals surface area contributed by atoms with E-state index in [1.807, 2.05) is 11.3 Å². The molecular formula is C68H43NS. The van der Waals surface area contributed by atoms with Crippen LogP contribution >= 0.6 is 11.3 Å². The minimum absolute atomic E-state index is 0.410. The molecule has 15 rings (SSSR count). The topological polar surface area (TPSA) is 3.24 Å². The molecule has 0 saturated carbocycles. The highest BCUT2D eigenvalue weighted by atomic mass is 32.1. The Hall–Kier alpha value is -8.56. The summed E-state index contributed by atoms with van der Waals surface area (Å²) in [5, 5.41) is 2.62. The number of thiophene rings is 1. The summed E-state index contributed by atoms with van der Waals surface area (Å²) >= 11 is 1.88. The van der Waals surface area contributed by atoms with Crippen LogP contribution in [0.1, 0.15) is 44.5 Å². The molecule has 3 aliphatic rings. The Morgan fingerprint density at radius 2 is 0.714 bits per heavy atom. The second-order valence-corrected chi connectivity index (χ2v) is 20.1. The zero-order valence-corrected chi connectivity index (χ0v) is 39.0. The zero-order chi connectivity index (χ0) is 46.0. The van der Waals surface area contributed by atoms with E-state index in [9.17, 15) is 0 Å². The Morgan fingerprint density at radius 1 is 0.271 bits per heavy atom. The van der Waals surface area contributed by atoms with Crippen molar-refractivity contribution in [1.82, 2.24) is 0 Å². The summed E-state index contributed by atoms with van der Waals surface area (Å²) in [7, 11) is 0. The number of hydrogen-bond acceptors (Lipinski definition) is 2. The molecule has 12 aromatic rings. The monoisotopic (exact) mass is 905 g/mol. The summed E-state index contributed by atoms with van der Waals surface area (Å²) < 4.78 is 2.63. The molecule has 1 aromatic heterocycles. The van der Waals surface area contributed by atoms with Gasteiger partial charge in [0.05, 0.1) is 10.8 Å². The molecule has 0 unspecified atom stereocenters. The highest BCUT2D eigenvalue weighted by Crippen LogP contribution is 2.63. The first-order chi connectivity index (χ1) is 34.7. The van der Waals surface area contributed by atoms with E-state index in [-0.39, 0.29) is 0 Å². The van der Waals surface area contributed by atoms with Gasteiger partial charge in [0.15, 0.2) is 0 Å². The summed E-state index contributed by atoms with van der Waals surface area (Å²) in [5.74, 6) is 0. The summed E-state index contributed by atoms with van der Waals surface area (Å²) in [4.78, 5) is 2.48. The van der Waals surface area contributed by atoms with Gasteiger partial charge in [-0.3, -0.25) is 0 Å². The Kier molecular flexibility index (Phi) is 8.43. The van der Waals surface area contributed by atoms with E-state index in [0.717, 1.165) is 17.1 Å². The fourth-order valence-corrected chi connectivity index (χ4v) is 14.3. The average molecular weight is 906 g/mol. The van der Waals surface area contributed by atoms with Crippen molar-refractivity contribution in [2.75, 3.05) is 4.90 Å². The van der Waals surface area contributed by atoms with E-state index in [4.69, 9.17) is 0 Å². The summed E-state index contributed by atoms with van der Waals surface area (Å²) in [5.41, 5.74) is 23.2. The predicted molar refractivity (Wildman–Crippen MR) is 293 cm³/mol. The van der Waals surface area contributed by atoms with Gasteiger partial charge in [-0.2, -0.15) is 0 Å². The van der Waals surface area contributed by atoms with Crippen LogP contribution in [0.15, 0.2) is 261 Å². The minimum Gasteiger partial charge on any atom is -0.310 e. The summed E-state index contributed by atoms with van der Waals surface area (Å²) in [6.45, 7) is 0. The highest BCUT2D eigenvalue weighted by Gasteiger charge is 2.52. The van der Waals surface area contributed by atoms with Gasteiger partial charge in [-0.1, -0.05) is 218 Å². The molecule has 1 nitrogen and oxygen atoms in total. The van der Waals surface area contributed by atoms with Crippen molar-refractivity contribution in [2.24, 2.45) is 0 Å². The molecule has 3 aliphatic carbocycles. The lowest BCUT2D eigenvalue weighted by molar-refractivity contribution is 0.768. The van der Waals surface area contributed by atoms with E-state index >= 15 is 0 Å². The molecule has 11 aromatic carbocycles. The van der Waals surface area contributed by atoms with Crippen LogP contribution in [-0.4, -0.2) is 0 Å². The molecule has 0 N–H and O–H groups in total. The molecule has 0 aliphatic heterocycles. The Labute approximate surface area is 411 Å². The average Bonchev–Trinajstić information content (AvgIpc) is 4.15. The van der Waals surface area contributed by atoms with E-state index in [2.05, 4.69) is 266 Å². The Balaban J connectivity index is 0.950. The number of hydrogen-bond donors (Lipinski definition) is 0. The molecular weight excluding hydrogens is 863 g/mol. The van der Waals surface area contributed by atoms with E-state index in [1.54, 1.807) is 0 Å². The normalized spacial score (nSPS) is 13.9. The smallest absolute Gasteiger partial charge is 0.0725 e. The van der Waals surface area contributed by atoms with Gasteiger partial charge in [0.2, 0.25) is 0 Å². The molecule has 1 spiro atoms.